The number of carboxylic acid groups (broad SMARTS) is 2. The predicted molar refractivity (Wildman–Crippen MR) is 357 cm³/mol. The molecular weight excluding hydrogens is 1400 g/mol. The SMILES string of the molecule is CNC(CCC(C)C)C(=O)NC1C(=O)N(C)C(C(=O)O)CC(=O)NC2C(=O)NC3C(=O)NC(C(=O)NC(C(=O)O)c4cc(O)cc(O)c4-c4cc3ccc4O)C(O)c3ccc(c(Cl)c3)Oc3cc2cc(c3OC2OC(CO)C(O)C(O)C2OC2CC(C)(N)C(O)C(C)O2)Oc2ccc(cc2Cl)C1O. The first-order valence-corrected chi connectivity index (χ1v) is 33.2. The fraction of sp³-hybridized carbons (Fsp3) is 0.441. The van der Waals surface area contributed by atoms with Crippen LogP contribution in [-0.2, 0) is 52.6 Å². The van der Waals surface area contributed by atoms with Crippen molar-refractivity contribution in [1.82, 2.24) is 36.8 Å². The first-order valence-electron chi connectivity index (χ1n) is 32.4. The zero-order chi connectivity index (χ0) is 75.1. The van der Waals surface area contributed by atoms with Crippen LogP contribution >= 0.6 is 23.2 Å². The van der Waals surface area contributed by atoms with E-state index in [1.807, 2.05) is 13.8 Å². The maximum atomic E-state index is 16.0. The van der Waals surface area contributed by atoms with E-state index >= 15 is 14.4 Å². The number of benzene rings is 5. The maximum Gasteiger partial charge on any atom is 0.330 e. The highest BCUT2D eigenvalue weighted by molar-refractivity contribution is 6.32. The number of fused-ring (bicyclic) bond motifs is 16. The van der Waals surface area contributed by atoms with Crippen molar-refractivity contribution in [3.05, 3.63) is 117 Å². The Morgan fingerprint density at radius 3 is 1.92 bits per heavy atom. The summed E-state index contributed by atoms with van der Waals surface area (Å²) in [5, 5.41) is 139. The van der Waals surface area contributed by atoms with Crippen LogP contribution in [0, 0.1) is 5.92 Å². The second-order valence-electron chi connectivity index (χ2n) is 26.4. The number of carbonyl (C=O) groups excluding carboxylic acids is 6. The van der Waals surface area contributed by atoms with Crippen LogP contribution < -0.4 is 51.8 Å². The van der Waals surface area contributed by atoms with Crippen molar-refractivity contribution in [3.63, 3.8) is 0 Å². The molecule has 2 saturated heterocycles. The number of phenolic OH excluding ortho intramolecular Hbond substituents is 3. The van der Waals surface area contributed by atoms with Crippen molar-refractivity contribution >= 4 is 70.6 Å². The Bertz CT molecular complexity index is 4130. The molecule has 5 aromatic rings. The summed E-state index contributed by atoms with van der Waals surface area (Å²) in [5.74, 6) is -16.3. The quantitative estimate of drug-likeness (QED) is 0.0793. The highest BCUT2D eigenvalue weighted by atomic mass is 35.5. The molecule has 7 heterocycles. The molecule has 18 unspecified atom stereocenters. The molecule has 0 saturated carbocycles. The normalized spacial score (nSPS) is 29.3. The third kappa shape index (κ3) is 16.1. The lowest BCUT2D eigenvalue weighted by atomic mass is 9.86. The summed E-state index contributed by atoms with van der Waals surface area (Å²) < 4.78 is 38.3. The number of nitrogens with one attached hydrogen (secondary N) is 6. The summed E-state index contributed by atoms with van der Waals surface area (Å²) in [5.41, 5.74) is 2.25. The van der Waals surface area contributed by atoms with Gasteiger partial charge >= 0.3 is 11.9 Å². The van der Waals surface area contributed by atoms with Crippen LogP contribution in [0.4, 0.5) is 0 Å². The minimum absolute atomic E-state index is 0.107. The van der Waals surface area contributed by atoms with Crippen molar-refractivity contribution in [1.29, 1.82) is 0 Å². The number of carbonyl (C=O) groups is 8. The van der Waals surface area contributed by atoms with Crippen LogP contribution in [0.15, 0.2) is 78.9 Å². The number of aliphatic hydroxyl groups is 6. The summed E-state index contributed by atoms with van der Waals surface area (Å²) in [4.78, 5) is 118. The number of halogens is 2. The number of ether oxygens (including phenoxy) is 6. The highest BCUT2D eigenvalue weighted by Crippen LogP contribution is 2.50. The highest BCUT2D eigenvalue weighted by Gasteiger charge is 2.52. The Morgan fingerprint density at radius 2 is 1.34 bits per heavy atom. The van der Waals surface area contributed by atoms with Gasteiger partial charge in [0.15, 0.2) is 29.9 Å². The monoisotopic (exact) mass is 1480 g/mol. The van der Waals surface area contributed by atoms with E-state index in [9.17, 15) is 80.1 Å². The number of rotatable bonds is 13. The van der Waals surface area contributed by atoms with Gasteiger partial charge in [0.1, 0.15) is 89.5 Å². The lowest BCUT2D eigenvalue weighted by molar-refractivity contribution is -0.333. The number of aliphatic hydroxyl groups excluding tert-OH is 6. The van der Waals surface area contributed by atoms with Gasteiger partial charge in [-0.2, -0.15) is 0 Å². The van der Waals surface area contributed by atoms with Gasteiger partial charge in [0.25, 0.3) is 0 Å². The van der Waals surface area contributed by atoms with Crippen LogP contribution in [0.5, 0.6) is 46.0 Å². The number of nitrogens with zero attached hydrogens (tertiary/aromatic N) is 1. The number of amides is 6. The molecule has 2 fully saturated rings. The minimum atomic E-state index is -2.32. The molecule has 33 nitrogen and oxygen atoms in total. The number of carboxylic acids is 2. The average molecular weight is 1480 g/mol. The topological polar surface area (TPSA) is 516 Å². The van der Waals surface area contributed by atoms with Crippen LogP contribution in [-0.4, -0.2) is 208 Å². The zero-order valence-corrected chi connectivity index (χ0v) is 57.4. The first kappa shape index (κ1) is 76.4. The smallest absolute Gasteiger partial charge is 0.330 e. The Labute approximate surface area is 596 Å². The summed E-state index contributed by atoms with van der Waals surface area (Å²) in [6, 6.07) is -0.760. The molecule has 18 atom stereocenters. The van der Waals surface area contributed by atoms with Crippen molar-refractivity contribution in [2.75, 3.05) is 20.7 Å². The van der Waals surface area contributed by atoms with Crippen LogP contribution in [0.25, 0.3) is 11.1 Å². The Balaban J connectivity index is 1.23. The van der Waals surface area contributed by atoms with Gasteiger partial charge < -0.3 is 127 Å². The molecule has 7 aliphatic heterocycles. The van der Waals surface area contributed by atoms with E-state index < -0.39 is 242 Å². The van der Waals surface area contributed by atoms with E-state index in [2.05, 4.69) is 31.9 Å². The Hall–Kier alpha value is -9.20. The second kappa shape index (κ2) is 31.0. The van der Waals surface area contributed by atoms with Crippen LogP contribution in [0.1, 0.15) is 112 Å². The molecule has 103 heavy (non-hydrogen) atoms. The maximum absolute atomic E-state index is 16.0. The summed E-state index contributed by atoms with van der Waals surface area (Å²) in [6.07, 6.45) is -18.3. The molecule has 0 aliphatic carbocycles. The van der Waals surface area contributed by atoms with E-state index in [0.29, 0.717) is 11.3 Å². The van der Waals surface area contributed by atoms with Crippen molar-refractivity contribution in [2.24, 2.45) is 11.7 Å². The number of hydrogen-bond donors (Lipinski definition) is 18. The van der Waals surface area contributed by atoms with E-state index in [1.165, 1.54) is 33.0 Å². The average Bonchev–Trinajstić information content (AvgIpc) is 1.10. The fourth-order valence-corrected chi connectivity index (χ4v) is 13.3. The van der Waals surface area contributed by atoms with Gasteiger partial charge in [-0.25, -0.2) is 9.59 Å². The second-order valence-corrected chi connectivity index (χ2v) is 27.2. The molecule has 12 rings (SSSR count). The minimum Gasteiger partial charge on any atom is -0.508 e. The third-order valence-electron chi connectivity index (χ3n) is 18.5. The molecule has 35 heteroatoms. The molecule has 19 N–H and O–H groups in total. The summed E-state index contributed by atoms with van der Waals surface area (Å²) in [6.45, 7) is 5.84. The Kier molecular flexibility index (Phi) is 23.0. The van der Waals surface area contributed by atoms with E-state index in [1.54, 1.807) is 0 Å². The van der Waals surface area contributed by atoms with Gasteiger partial charge in [-0.1, -0.05) is 55.2 Å². The summed E-state index contributed by atoms with van der Waals surface area (Å²) in [7, 11) is 2.45. The number of hydrogen-bond acceptors (Lipinski definition) is 25. The lowest BCUT2D eigenvalue weighted by Gasteiger charge is -2.47. The number of aliphatic carboxylic acids is 2. The standard InChI is InChI=1S/C68H78Cl2N8O25/c1-25(2)7-11-36(72-5)60(89)77-52-54(85)29-10-14-41(35(70)17-29)100-43-19-30-18-42(57(43)103-67-58(56(87)55(86)44(24-79)101-67)102-46-23-68(4,71)59(88)26(3)98-46)99-40-13-9-28(16-34(40)69)53(84)51-63(92)75-50(66(96)97)33-20-31(80)21-39(82)47(33)32-15-27(8-12-38(32)81)48(61(90)76-51)74-62(91)49(30)73-45(83)22-37(65(94)95)78(6)64(52)93/h8-10,12-21,25-26,36-37,44,46,48-56,58-59,67,72,79-82,84-88H,7,11,22-24,71H2,1-6H3,(H,73,83)(H,74,91)(H,75,92)(H,76,90)(H,77,89)(H,94,95)(H,96,97). The molecule has 554 valence electrons. The van der Waals surface area contributed by atoms with Gasteiger partial charge in [-0.3, -0.25) is 28.8 Å². The van der Waals surface area contributed by atoms with Crippen LogP contribution in [0.3, 0.4) is 0 Å². The molecule has 6 amide bonds. The molecule has 7 aliphatic rings. The van der Waals surface area contributed by atoms with Gasteiger partial charge in [-0.05, 0) is 117 Å². The zero-order valence-electron chi connectivity index (χ0n) is 55.8. The molecule has 0 spiro atoms. The largest absolute Gasteiger partial charge is 0.508 e. The van der Waals surface area contributed by atoms with Crippen molar-refractivity contribution in [2.45, 2.75) is 163 Å². The number of likely N-dealkylation sites (N-methyl/N-ethyl adjacent to an activating group) is 2. The number of phenols is 3. The molecule has 0 aromatic heterocycles. The van der Waals surface area contributed by atoms with Gasteiger partial charge in [0.05, 0.1) is 41.3 Å². The Morgan fingerprint density at radius 1 is 0.728 bits per heavy atom. The van der Waals surface area contributed by atoms with Gasteiger partial charge in [0.2, 0.25) is 47.5 Å². The van der Waals surface area contributed by atoms with Crippen molar-refractivity contribution in [3.8, 4) is 57.1 Å². The number of nitrogens with two attached hydrogens (primary N) is 1. The fourth-order valence-electron chi connectivity index (χ4n) is 12.8. The third-order valence-corrected chi connectivity index (χ3v) is 19.1. The van der Waals surface area contributed by atoms with Gasteiger partial charge in [0, 0.05) is 41.8 Å². The van der Waals surface area contributed by atoms with E-state index in [4.69, 9.17) is 57.4 Å². The van der Waals surface area contributed by atoms with Crippen LogP contribution in [0.2, 0.25) is 10.0 Å². The van der Waals surface area contributed by atoms with E-state index in [0.717, 1.165) is 73.8 Å². The molecule has 5 aromatic carbocycles. The van der Waals surface area contributed by atoms with Gasteiger partial charge in [-0.15, -0.1) is 0 Å². The predicted octanol–water partition coefficient (Wildman–Crippen LogP) is 1.44. The number of aromatic hydroxyl groups is 3. The van der Waals surface area contributed by atoms with E-state index in [-0.39, 0.29) is 41.2 Å². The molecule has 11 bridgehead atoms. The molecular formula is C68H78Cl2N8O25. The molecule has 0 radical (unpaired) electrons. The van der Waals surface area contributed by atoms with Crippen molar-refractivity contribution < 1.29 is 123 Å². The lowest BCUT2D eigenvalue weighted by Crippen LogP contribution is -2.64. The first-order chi connectivity index (χ1) is 48.6. The summed E-state index contributed by atoms with van der Waals surface area (Å²) >= 11 is 14.1.